The third kappa shape index (κ3) is 12.1. The topological polar surface area (TPSA) is 42.9 Å². The monoisotopic (exact) mass is 388 g/mol. The SMILES string of the molecule is CCCCC#CC#CCCCCCCCCC(=O)OC(C)(C)C1CC[NH2+]CC1. The highest BCUT2D eigenvalue weighted by Crippen LogP contribution is 2.28. The van der Waals surface area contributed by atoms with Crippen LogP contribution in [0.25, 0.3) is 0 Å². The number of rotatable bonds is 12. The Morgan fingerprint density at radius 2 is 1.50 bits per heavy atom. The highest BCUT2D eigenvalue weighted by Gasteiger charge is 2.35. The molecule has 28 heavy (non-hydrogen) atoms. The molecule has 0 aliphatic carbocycles. The summed E-state index contributed by atoms with van der Waals surface area (Å²) in [4.78, 5) is 12.2. The molecule has 0 atom stereocenters. The number of ether oxygens (including phenoxy) is 1. The Hall–Kier alpha value is -1.45. The molecular weight excluding hydrogens is 346 g/mol. The van der Waals surface area contributed by atoms with E-state index >= 15 is 0 Å². The molecule has 0 aromatic heterocycles. The van der Waals surface area contributed by atoms with Crippen LogP contribution in [0.3, 0.4) is 0 Å². The fourth-order valence-electron chi connectivity index (χ4n) is 3.72. The molecule has 1 aliphatic heterocycles. The van der Waals surface area contributed by atoms with Crippen LogP contribution >= 0.6 is 0 Å². The summed E-state index contributed by atoms with van der Waals surface area (Å²) in [6, 6.07) is 0. The van der Waals surface area contributed by atoms with E-state index in [4.69, 9.17) is 4.74 Å². The van der Waals surface area contributed by atoms with Gasteiger partial charge in [-0.3, -0.25) is 4.79 Å². The van der Waals surface area contributed by atoms with E-state index in [1.807, 2.05) is 0 Å². The third-order valence-corrected chi connectivity index (χ3v) is 5.63. The Kier molecular flexibility index (Phi) is 13.6. The van der Waals surface area contributed by atoms with E-state index in [1.165, 1.54) is 32.1 Å². The van der Waals surface area contributed by atoms with E-state index in [2.05, 4.69) is 49.8 Å². The van der Waals surface area contributed by atoms with Crippen molar-refractivity contribution in [2.75, 3.05) is 13.1 Å². The van der Waals surface area contributed by atoms with Crippen LogP contribution in [-0.2, 0) is 9.53 Å². The molecule has 0 aromatic carbocycles. The van der Waals surface area contributed by atoms with E-state index in [0.717, 1.165) is 58.0 Å². The minimum atomic E-state index is -0.313. The van der Waals surface area contributed by atoms with Crippen LogP contribution in [-0.4, -0.2) is 24.7 Å². The molecule has 0 aromatic rings. The Bertz CT molecular complexity index is 538. The minimum Gasteiger partial charge on any atom is -0.459 e. The number of esters is 1. The van der Waals surface area contributed by atoms with Crippen LogP contribution in [0.5, 0.6) is 0 Å². The zero-order chi connectivity index (χ0) is 20.5. The molecule has 0 unspecified atom stereocenters. The fourth-order valence-corrected chi connectivity index (χ4v) is 3.72. The van der Waals surface area contributed by atoms with Gasteiger partial charge in [0.15, 0.2) is 0 Å². The second-order valence-corrected chi connectivity index (χ2v) is 8.55. The molecule has 1 saturated heterocycles. The first-order valence-corrected chi connectivity index (χ1v) is 11.6. The lowest BCUT2D eigenvalue weighted by atomic mass is 9.83. The van der Waals surface area contributed by atoms with Crippen LogP contribution in [0.15, 0.2) is 0 Å². The summed E-state index contributed by atoms with van der Waals surface area (Å²) in [5.74, 6) is 12.6. The van der Waals surface area contributed by atoms with Crippen LogP contribution in [0.1, 0.15) is 104 Å². The van der Waals surface area contributed by atoms with Crippen LogP contribution in [0, 0.1) is 29.6 Å². The van der Waals surface area contributed by atoms with Crippen molar-refractivity contribution in [3.63, 3.8) is 0 Å². The van der Waals surface area contributed by atoms with Gasteiger partial charge in [-0.25, -0.2) is 0 Å². The molecule has 1 aliphatic rings. The number of carbonyl (C=O) groups is 1. The summed E-state index contributed by atoms with van der Waals surface area (Å²) in [7, 11) is 0. The molecule has 3 heteroatoms. The first-order valence-electron chi connectivity index (χ1n) is 11.6. The number of piperidine rings is 1. The molecule has 1 rings (SSSR count). The van der Waals surface area contributed by atoms with Crippen molar-refractivity contribution < 1.29 is 14.8 Å². The molecule has 1 heterocycles. The van der Waals surface area contributed by atoms with Crippen molar-refractivity contribution in [2.45, 2.75) is 110 Å². The Morgan fingerprint density at radius 1 is 0.929 bits per heavy atom. The number of unbranched alkanes of at least 4 members (excludes halogenated alkanes) is 8. The van der Waals surface area contributed by atoms with E-state index in [9.17, 15) is 4.79 Å². The van der Waals surface area contributed by atoms with Gasteiger partial charge in [-0.15, -0.1) is 0 Å². The van der Waals surface area contributed by atoms with Crippen LogP contribution in [0.2, 0.25) is 0 Å². The van der Waals surface area contributed by atoms with Gasteiger partial charge in [0, 0.05) is 38.0 Å². The molecule has 3 nitrogen and oxygen atoms in total. The molecular formula is C25H42NO2+. The largest absolute Gasteiger partial charge is 0.459 e. The fraction of sp³-hybridized carbons (Fsp3) is 0.800. The quantitative estimate of drug-likeness (QED) is 0.302. The van der Waals surface area contributed by atoms with E-state index in [1.54, 1.807) is 0 Å². The summed E-state index contributed by atoms with van der Waals surface area (Å²) >= 11 is 0. The standard InChI is InChI=1S/C25H41NO2/c1-4-5-6-7-8-9-10-11-12-13-14-15-16-17-18-24(27)28-25(2,3)23-19-21-26-22-20-23/h23,26H,4-6,11-22H2,1-3H3/p+1. The number of carbonyl (C=O) groups excluding carboxylic acids is 1. The van der Waals surface area contributed by atoms with Crippen molar-refractivity contribution in [1.82, 2.24) is 0 Å². The maximum absolute atomic E-state index is 12.2. The summed E-state index contributed by atoms with van der Waals surface area (Å²) in [6.45, 7) is 8.66. The third-order valence-electron chi connectivity index (χ3n) is 5.63. The lowest BCUT2D eigenvalue weighted by Gasteiger charge is -2.35. The number of hydrogen-bond acceptors (Lipinski definition) is 2. The Morgan fingerprint density at radius 3 is 2.14 bits per heavy atom. The molecule has 0 radical (unpaired) electrons. The molecule has 0 amide bonds. The average Bonchev–Trinajstić information content (AvgIpc) is 2.68. The van der Waals surface area contributed by atoms with Crippen LogP contribution in [0.4, 0.5) is 0 Å². The second-order valence-electron chi connectivity index (χ2n) is 8.55. The molecule has 2 N–H and O–H groups in total. The molecule has 0 spiro atoms. The maximum atomic E-state index is 12.2. The van der Waals surface area contributed by atoms with Gasteiger partial charge in [-0.2, -0.15) is 0 Å². The molecule has 1 fully saturated rings. The van der Waals surface area contributed by atoms with Crippen molar-refractivity contribution in [1.29, 1.82) is 0 Å². The van der Waals surface area contributed by atoms with Gasteiger partial charge >= 0.3 is 5.97 Å². The number of quaternary nitrogens is 1. The van der Waals surface area contributed by atoms with Crippen molar-refractivity contribution in [3.05, 3.63) is 0 Å². The van der Waals surface area contributed by atoms with Gasteiger partial charge in [0.05, 0.1) is 13.1 Å². The zero-order valence-electron chi connectivity index (χ0n) is 18.6. The highest BCUT2D eigenvalue weighted by molar-refractivity contribution is 5.69. The highest BCUT2D eigenvalue weighted by atomic mass is 16.6. The average molecular weight is 389 g/mol. The second kappa shape index (κ2) is 15.5. The first-order chi connectivity index (χ1) is 13.6. The number of hydrogen-bond donors (Lipinski definition) is 1. The van der Waals surface area contributed by atoms with Gasteiger partial charge in [0.2, 0.25) is 0 Å². The smallest absolute Gasteiger partial charge is 0.306 e. The lowest BCUT2D eigenvalue weighted by molar-refractivity contribution is -0.665. The molecule has 158 valence electrons. The minimum absolute atomic E-state index is 0.0186. The van der Waals surface area contributed by atoms with E-state index < -0.39 is 0 Å². The van der Waals surface area contributed by atoms with Gasteiger partial charge in [0.25, 0.3) is 0 Å². The van der Waals surface area contributed by atoms with Crippen molar-refractivity contribution in [3.8, 4) is 23.7 Å². The molecule has 0 saturated carbocycles. The number of nitrogens with two attached hydrogens (primary N) is 1. The predicted octanol–water partition coefficient (Wildman–Crippen LogP) is 4.60. The van der Waals surface area contributed by atoms with Gasteiger partial charge in [-0.05, 0) is 45.0 Å². The maximum Gasteiger partial charge on any atom is 0.306 e. The summed E-state index contributed by atoms with van der Waals surface area (Å²) in [6.07, 6.45) is 14.0. The Labute approximate surface area is 173 Å². The molecule has 0 bridgehead atoms. The van der Waals surface area contributed by atoms with Crippen LogP contribution < -0.4 is 5.32 Å². The zero-order valence-corrected chi connectivity index (χ0v) is 18.6. The van der Waals surface area contributed by atoms with Gasteiger partial charge < -0.3 is 10.1 Å². The summed E-state index contributed by atoms with van der Waals surface area (Å²) in [5, 5.41) is 2.35. The lowest BCUT2D eigenvalue weighted by Crippen LogP contribution is -2.86. The summed E-state index contributed by atoms with van der Waals surface area (Å²) in [5.41, 5.74) is -0.313. The Balaban J connectivity index is 1.98. The van der Waals surface area contributed by atoms with Gasteiger partial charge in [0.1, 0.15) is 5.60 Å². The van der Waals surface area contributed by atoms with Crippen molar-refractivity contribution in [2.24, 2.45) is 5.92 Å². The predicted molar refractivity (Wildman–Crippen MR) is 117 cm³/mol. The van der Waals surface area contributed by atoms with E-state index in [0.29, 0.717) is 12.3 Å². The first kappa shape index (κ1) is 24.6. The van der Waals surface area contributed by atoms with Gasteiger partial charge in [-0.1, -0.05) is 50.9 Å². The summed E-state index contributed by atoms with van der Waals surface area (Å²) < 4.78 is 5.81. The normalized spacial score (nSPS) is 14.5. The van der Waals surface area contributed by atoms with E-state index in [-0.39, 0.29) is 11.6 Å². The van der Waals surface area contributed by atoms with Crippen molar-refractivity contribution >= 4 is 5.97 Å².